The van der Waals surface area contributed by atoms with Gasteiger partial charge in [0.2, 0.25) is 11.8 Å². The second-order valence-corrected chi connectivity index (χ2v) is 7.63. The molecule has 26 heavy (non-hydrogen) atoms. The van der Waals surface area contributed by atoms with Crippen molar-refractivity contribution in [1.29, 1.82) is 0 Å². The second-order valence-electron chi connectivity index (χ2n) is 5.50. The van der Waals surface area contributed by atoms with Crippen molar-refractivity contribution < 1.29 is 9.21 Å². The van der Waals surface area contributed by atoms with Crippen LogP contribution >= 0.6 is 35.0 Å². The van der Waals surface area contributed by atoms with Crippen molar-refractivity contribution in [3.05, 3.63) is 70.0 Å². The molecular weight excluding hydrogens is 393 g/mol. The number of nitrogens with zero attached hydrogens (tertiary/aromatic N) is 2. The van der Waals surface area contributed by atoms with Crippen LogP contribution < -0.4 is 5.32 Å². The predicted octanol–water partition coefficient (Wildman–Crippen LogP) is 5.09. The summed E-state index contributed by atoms with van der Waals surface area (Å²) in [5.74, 6) is 0.270. The lowest BCUT2D eigenvalue weighted by atomic mass is 10.2. The van der Waals surface area contributed by atoms with E-state index in [0.29, 0.717) is 33.3 Å². The Hall–Kier alpha value is -2.02. The van der Waals surface area contributed by atoms with Crippen LogP contribution in [0.1, 0.15) is 18.4 Å². The van der Waals surface area contributed by atoms with E-state index < -0.39 is 5.25 Å². The Bertz CT molecular complexity index is 902. The highest BCUT2D eigenvalue weighted by Crippen LogP contribution is 2.28. The molecule has 0 radical (unpaired) electrons. The molecule has 0 aliphatic carbocycles. The summed E-state index contributed by atoms with van der Waals surface area (Å²) in [6.45, 7) is 1.75. The molecule has 0 fully saturated rings. The minimum absolute atomic E-state index is 0.234. The number of hydrogen-bond acceptors (Lipinski definition) is 5. The molecule has 0 spiro atoms. The van der Waals surface area contributed by atoms with Gasteiger partial charge >= 0.3 is 0 Å². The van der Waals surface area contributed by atoms with Crippen LogP contribution in [-0.2, 0) is 11.2 Å². The molecule has 0 aliphatic heterocycles. The largest absolute Gasteiger partial charge is 0.416 e. The summed E-state index contributed by atoms with van der Waals surface area (Å²) >= 11 is 13.2. The van der Waals surface area contributed by atoms with Gasteiger partial charge in [-0.05, 0) is 30.7 Å². The Labute approximate surface area is 165 Å². The molecule has 3 rings (SSSR count). The second kappa shape index (κ2) is 8.58. The smallest absolute Gasteiger partial charge is 0.277 e. The van der Waals surface area contributed by atoms with Gasteiger partial charge < -0.3 is 9.73 Å². The molecule has 1 heterocycles. The zero-order valence-electron chi connectivity index (χ0n) is 13.8. The van der Waals surface area contributed by atoms with Gasteiger partial charge in [0.25, 0.3) is 5.22 Å². The fourth-order valence-electron chi connectivity index (χ4n) is 2.16. The maximum absolute atomic E-state index is 12.4. The normalized spacial score (nSPS) is 12.0. The lowest BCUT2D eigenvalue weighted by Gasteiger charge is -2.11. The minimum atomic E-state index is -0.449. The molecule has 0 unspecified atom stereocenters. The number of halogens is 2. The van der Waals surface area contributed by atoms with Gasteiger partial charge in [-0.2, -0.15) is 0 Å². The number of benzene rings is 2. The molecule has 1 atom stereocenters. The first-order chi connectivity index (χ1) is 12.5. The van der Waals surface area contributed by atoms with Crippen LogP contribution in [-0.4, -0.2) is 21.4 Å². The van der Waals surface area contributed by atoms with Gasteiger partial charge in [0.05, 0.1) is 22.4 Å². The van der Waals surface area contributed by atoms with Gasteiger partial charge in [0, 0.05) is 5.02 Å². The Morgan fingerprint density at radius 2 is 1.96 bits per heavy atom. The van der Waals surface area contributed by atoms with Crippen LogP contribution in [0.25, 0.3) is 0 Å². The molecule has 0 bridgehead atoms. The average molecular weight is 408 g/mol. The minimum Gasteiger partial charge on any atom is -0.416 e. The van der Waals surface area contributed by atoms with Gasteiger partial charge in [0.1, 0.15) is 0 Å². The number of nitrogens with one attached hydrogen (secondary N) is 1. The number of amides is 1. The van der Waals surface area contributed by atoms with Crippen LogP contribution in [0.2, 0.25) is 10.0 Å². The molecule has 0 saturated heterocycles. The van der Waals surface area contributed by atoms with E-state index in [2.05, 4.69) is 15.5 Å². The molecule has 1 N–H and O–H groups in total. The van der Waals surface area contributed by atoms with E-state index in [9.17, 15) is 4.79 Å². The maximum atomic E-state index is 12.4. The SMILES string of the molecule is C[C@@H](Sc1nnc(Cc2ccccc2)o1)C(=O)Nc1cc(Cl)ccc1Cl. The summed E-state index contributed by atoms with van der Waals surface area (Å²) in [6, 6.07) is 14.7. The van der Waals surface area contributed by atoms with Gasteiger partial charge in [-0.3, -0.25) is 4.79 Å². The third kappa shape index (κ3) is 5.00. The number of aromatic nitrogens is 2. The first kappa shape index (κ1) is 18.8. The van der Waals surface area contributed by atoms with E-state index in [1.165, 1.54) is 11.8 Å². The number of thioether (sulfide) groups is 1. The third-order valence-corrected chi connectivity index (χ3v) is 4.98. The molecular formula is C18H15Cl2N3O2S. The van der Waals surface area contributed by atoms with Crippen LogP contribution in [0.3, 0.4) is 0 Å². The highest BCUT2D eigenvalue weighted by Gasteiger charge is 2.19. The number of rotatable bonds is 6. The summed E-state index contributed by atoms with van der Waals surface area (Å²) in [6.07, 6.45) is 0.549. The van der Waals surface area contributed by atoms with Gasteiger partial charge in [-0.15, -0.1) is 10.2 Å². The van der Waals surface area contributed by atoms with Crippen molar-refractivity contribution in [3.63, 3.8) is 0 Å². The topological polar surface area (TPSA) is 68.0 Å². The van der Waals surface area contributed by atoms with Crippen molar-refractivity contribution in [2.45, 2.75) is 23.8 Å². The molecule has 3 aromatic rings. The van der Waals surface area contributed by atoms with E-state index in [0.717, 1.165) is 5.56 Å². The van der Waals surface area contributed by atoms with Gasteiger partial charge in [-0.25, -0.2) is 0 Å². The van der Waals surface area contributed by atoms with Crippen molar-refractivity contribution in [2.24, 2.45) is 0 Å². The zero-order valence-corrected chi connectivity index (χ0v) is 16.1. The molecule has 2 aromatic carbocycles. The molecule has 5 nitrogen and oxygen atoms in total. The molecule has 0 aliphatic rings. The van der Waals surface area contributed by atoms with Crippen molar-refractivity contribution in [2.75, 3.05) is 5.32 Å². The van der Waals surface area contributed by atoms with E-state index in [1.807, 2.05) is 30.3 Å². The predicted molar refractivity (Wildman–Crippen MR) is 104 cm³/mol. The van der Waals surface area contributed by atoms with Gasteiger partial charge in [0.15, 0.2) is 0 Å². The van der Waals surface area contributed by atoms with Crippen LogP contribution in [0, 0.1) is 0 Å². The van der Waals surface area contributed by atoms with Crippen LogP contribution in [0.15, 0.2) is 58.2 Å². The zero-order chi connectivity index (χ0) is 18.5. The average Bonchev–Trinajstić information content (AvgIpc) is 3.05. The molecule has 1 aromatic heterocycles. The number of carbonyl (C=O) groups is 1. The summed E-state index contributed by atoms with van der Waals surface area (Å²) in [5.41, 5.74) is 1.54. The van der Waals surface area contributed by atoms with Gasteiger partial charge in [-0.1, -0.05) is 65.3 Å². The summed E-state index contributed by atoms with van der Waals surface area (Å²) in [4.78, 5) is 12.4. The first-order valence-corrected chi connectivity index (χ1v) is 9.43. The molecule has 134 valence electrons. The highest BCUT2D eigenvalue weighted by molar-refractivity contribution is 8.00. The number of hydrogen-bond donors (Lipinski definition) is 1. The van der Waals surface area contributed by atoms with E-state index >= 15 is 0 Å². The lowest BCUT2D eigenvalue weighted by molar-refractivity contribution is -0.115. The Kier molecular flexibility index (Phi) is 6.19. The summed E-state index contributed by atoms with van der Waals surface area (Å²) < 4.78 is 5.62. The van der Waals surface area contributed by atoms with Crippen LogP contribution in [0.5, 0.6) is 0 Å². The first-order valence-electron chi connectivity index (χ1n) is 7.80. The number of carbonyl (C=O) groups excluding carboxylic acids is 1. The van der Waals surface area contributed by atoms with Crippen molar-refractivity contribution in [3.8, 4) is 0 Å². The van der Waals surface area contributed by atoms with Crippen LogP contribution in [0.4, 0.5) is 5.69 Å². The Balaban J connectivity index is 1.60. The highest BCUT2D eigenvalue weighted by atomic mass is 35.5. The van der Waals surface area contributed by atoms with E-state index in [4.69, 9.17) is 27.6 Å². The van der Waals surface area contributed by atoms with E-state index in [-0.39, 0.29) is 5.91 Å². The molecule has 1 amide bonds. The van der Waals surface area contributed by atoms with Crippen molar-refractivity contribution in [1.82, 2.24) is 10.2 Å². The Morgan fingerprint density at radius 3 is 2.73 bits per heavy atom. The Morgan fingerprint density at radius 1 is 1.19 bits per heavy atom. The van der Waals surface area contributed by atoms with Crippen molar-refractivity contribution >= 4 is 46.6 Å². The fourth-order valence-corrected chi connectivity index (χ4v) is 3.20. The summed E-state index contributed by atoms with van der Waals surface area (Å²) in [5, 5.41) is 11.6. The molecule has 8 heteroatoms. The fraction of sp³-hybridized carbons (Fsp3) is 0.167. The quantitative estimate of drug-likeness (QED) is 0.576. The summed E-state index contributed by atoms with van der Waals surface area (Å²) in [7, 11) is 0. The van der Waals surface area contributed by atoms with E-state index in [1.54, 1.807) is 25.1 Å². The molecule has 0 saturated carbocycles. The monoisotopic (exact) mass is 407 g/mol. The third-order valence-electron chi connectivity index (χ3n) is 3.48. The number of anilines is 1. The standard InChI is InChI=1S/C18H15Cl2N3O2S/c1-11(17(24)21-15-10-13(19)7-8-14(15)20)26-18-23-22-16(25-18)9-12-5-3-2-4-6-12/h2-8,10-11H,9H2,1H3,(H,21,24)/t11-/m1/s1. The maximum Gasteiger partial charge on any atom is 0.277 e. The lowest BCUT2D eigenvalue weighted by Crippen LogP contribution is -2.22.